The van der Waals surface area contributed by atoms with E-state index < -0.39 is 0 Å². The quantitative estimate of drug-likeness (QED) is 0.299. The lowest BCUT2D eigenvalue weighted by Crippen LogP contribution is -2.43. The van der Waals surface area contributed by atoms with Crippen molar-refractivity contribution in [3.63, 3.8) is 0 Å². The predicted molar refractivity (Wildman–Crippen MR) is 120 cm³/mol. The molecule has 6 nitrogen and oxygen atoms in total. The van der Waals surface area contributed by atoms with Gasteiger partial charge in [-0.25, -0.2) is 0 Å². The van der Waals surface area contributed by atoms with Crippen molar-refractivity contribution in [3.05, 3.63) is 59.7 Å². The van der Waals surface area contributed by atoms with Gasteiger partial charge in [-0.1, -0.05) is 18.2 Å². The lowest BCUT2D eigenvalue weighted by atomic mass is 10.2. The Morgan fingerprint density at radius 1 is 1.11 bits per heavy atom. The van der Waals surface area contributed by atoms with E-state index >= 15 is 0 Å². The van der Waals surface area contributed by atoms with Crippen molar-refractivity contribution in [1.29, 1.82) is 0 Å². The van der Waals surface area contributed by atoms with E-state index in [1.54, 1.807) is 38.4 Å². The number of guanidine groups is 1. The molecule has 0 saturated heterocycles. The van der Waals surface area contributed by atoms with Crippen LogP contribution in [-0.4, -0.2) is 45.7 Å². The zero-order valence-corrected chi connectivity index (χ0v) is 17.9. The van der Waals surface area contributed by atoms with Gasteiger partial charge in [0, 0.05) is 37.9 Å². The molecule has 1 aliphatic rings. The number of ether oxygens (including phenoxy) is 1. The van der Waals surface area contributed by atoms with Gasteiger partial charge in [-0.05, 0) is 42.3 Å². The smallest absolute Gasteiger partial charge is 0.251 e. The maximum atomic E-state index is 12.2. The summed E-state index contributed by atoms with van der Waals surface area (Å²) in [6.07, 6.45) is 1.02. The van der Waals surface area contributed by atoms with Gasteiger partial charge in [-0.2, -0.15) is 0 Å². The number of amides is 1. The number of methoxy groups -OCH3 is 1. The molecule has 7 heteroatoms. The van der Waals surface area contributed by atoms with Gasteiger partial charge in [0.2, 0.25) is 0 Å². The zero-order chi connectivity index (χ0) is 18.4. The number of nitrogens with zero attached hydrogens (tertiary/aromatic N) is 2. The van der Waals surface area contributed by atoms with E-state index in [1.807, 2.05) is 6.07 Å². The average Bonchev–Trinajstić information content (AvgIpc) is 3.12. The summed E-state index contributed by atoms with van der Waals surface area (Å²) >= 11 is 0. The van der Waals surface area contributed by atoms with Crippen molar-refractivity contribution in [2.45, 2.75) is 6.42 Å². The standard InChI is InChI=1S/C20H24N4O2.HI/c1-21-20(24-14-11-15-5-3-4-6-18(15)24)23-13-12-22-19(25)16-7-9-17(26-2)10-8-16;/h3-10H,11-14H2,1-2H3,(H,21,23)(H,22,25);1H. The molecular weight excluding hydrogens is 455 g/mol. The van der Waals surface area contributed by atoms with Crippen molar-refractivity contribution in [2.24, 2.45) is 4.99 Å². The molecule has 0 bridgehead atoms. The summed E-state index contributed by atoms with van der Waals surface area (Å²) in [6.45, 7) is 2.03. The number of rotatable bonds is 5. The van der Waals surface area contributed by atoms with Crippen LogP contribution in [0.4, 0.5) is 5.69 Å². The Balaban J connectivity index is 0.00000261. The van der Waals surface area contributed by atoms with Crippen LogP contribution in [0.15, 0.2) is 53.5 Å². The molecule has 2 N–H and O–H groups in total. The summed E-state index contributed by atoms with van der Waals surface area (Å²) in [5.74, 6) is 1.46. The maximum Gasteiger partial charge on any atom is 0.251 e. The minimum Gasteiger partial charge on any atom is -0.497 e. The van der Waals surface area contributed by atoms with Crippen LogP contribution in [0.1, 0.15) is 15.9 Å². The van der Waals surface area contributed by atoms with Gasteiger partial charge in [0.05, 0.1) is 7.11 Å². The number of nitrogens with one attached hydrogen (secondary N) is 2. The molecule has 1 heterocycles. The maximum absolute atomic E-state index is 12.2. The first-order chi connectivity index (χ1) is 12.7. The van der Waals surface area contributed by atoms with Gasteiger partial charge in [0.15, 0.2) is 5.96 Å². The van der Waals surface area contributed by atoms with E-state index in [1.165, 1.54) is 11.3 Å². The zero-order valence-electron chi connectivity index (χ0n) is 15.6. The molecule has 0 atom stereocenters. The summed E-state index contributed by atoms with van der Waals surface area (Å²) in [7, 11) is 3.38. The Kier molecular flexibility index (Phi) is 7.90. The van der Waals surface area contributed by atoms with Crippen LogP contribution in [0.2, 0.25) is 0 Å². The Morgan fingerprint density at radius 3 is 2.52 bits per heavy atom. The highest BCUT2D eigenvalue weighted by Crippen LogP contribution is 2.27. The van der Waals surface area contributed by atoms with Gasteiger partial charge in [0.25, 0.3) is 5.91 Å². The number of anilines is 1. The molecule has 1 amide bonds. The topological polar surface area (TPSA) is 66.0 Å². The molecule has 0 aromatic heterocycles. The summed E-state index contributed by atoms with van der Waals surface area (Å²) in [5, 5.41) is 6.23. The number of aliphatic imine (C=N–C) groups is 1. The van der Waals surface area contributed by atoms with Crippen LogP contribution in [0.5, 0.6) is 5.75 Å². The van der Waals surface area contributed by atoms with E-state index in [9.17, 15) is 4.79 Å². The number of hydrogen-bond donors (Lipinski definition) is 2. The highest BCUT2D eigenvalue weighted by atomic mass is 127. The molecule has 0 spiro atoms. The first-order valence-corrected chi connectivity index (χ1v) is 8.71. The third-order valence-electron chi connectivity index (χ3n) is 4.40. The second-order valence-electron chi connectivity index (χ2n) is 5.99. The lowest BCUT2D eigenvalue weighted by Gasteiger charge is -2.22. The Morgan fingerprint density at radius 2 is 1.81 bits per heavy atom. The summed E-state index contributed by atoms with van der Waals surface area (Å²) in [6, 6.07) is 15.4. The number of fused-ring (bicyclic) bond motifs is 1. The van der Waals surface area contributed by atoms with Crippen molar-refractivity contribution >= 4 is 41.5 Å². The minimum atomic E-state index is -0.101. The second kappa shape index (κ2) is 10.1. The number of carbonyl (C=O) groups is 1. The predicted octanol–water partition coefficient (Wildman–Crippen LogP) is 2.68. The van der Waals surface area contributed by atoms with Crippen molar-refractivity contribution < 1.29 is 9.53 Å². The lowest BCUT2D eigenvalue weighted by molar-refractivity contribution is 0.0954. The van der Waals surface area contributed by atoms with Crippen LogP contribution in [0.3, 0.4) is 0 Å². The minimum absolute atomic E-state index is 0. The van der Waals surface area contributed by atoms with Crippen molar-refractivity contribution in [3.8, 4) is 5.75 Å². The van der Waals surface area contributed by atoms with Gasteiger partial charge < -0.3 is 20.3 Å². The van der Waals surface area contributed by atoms with E-state index in [2.05, 4.69) is 38.7 Å². The largest absolute Gasteiger partial charge is 0.497 e. The highest BCUT2D eigenvalue weighted by Gasteiger charge is 2.22. The molecule has 144 valence electrons. The SMILES string of the molecule is CN=C(NCCNC(=O)c1ccc(OC)cc1)N1CCc2ccccc21.I. The molecule has 3 rings (SSSR count). The van der Waals surface area contributed by atoms with Crippen molar-refractivity contribution in [1.82, 2.24) is 10.6 Å². The fourth-order valence-electron chi connectivity index (χ4n) is 3.05. The molecule has 0 aliphatic carbocycles. The number of halogens is 1. The molecule has 0 unspecified atom stereocenters. The molecule has 0 radical (unpaired) electrons. The highest BCUT2D eigenvalue weighted by molar-refractivity contribution is 14.0. The Hall–Kier alpha value is -2.29. The Bertz CT molecular complexity index is 793. The van der Waals surface area contributed by atoms with Crippen LogP contribution in [0.25, 0.3) is 0 Å². The molecule has 2 aromatic rings. The number of benzene rings is 2. The normalized spacial score (nSPS) is 12.8. The monoisotopic (exact) mass is 480 g/mol. The van der Waals surface area contributed by atoms with Gasteiger partial charge in [-0.15, -0.1) is 24.0 Å². The fourth-order valence-corrected chi connectivity index (χ4v) is 3.05. The van der Waals surface area contributed by atoms with E-state index in [-0.39, 0.29) is 29.9 Å². The number of carbonyl (C=O) groups excluding carboxylic acids is 1. The average molecular weight is 480 g/mol. The first kappa shape index (κ1) is 21.0. The molecular formula is C20H25IN4O2. The van der Waals surface area contributed by atoms with E-state index in [0.29, 0.717) is 18.7 Å². The summed E-state index contributed by atoms with van der Waals surface area (Å²) in [5.41, 5.74) is 3.15. The van der Waals surface area contributed by atoms with Crippen LogP contribution >= 0.6 is 24.0 Å². The molecule has 2 aromatic carbocycles. The van der Waals surface area contributed by atoms with Gasteiger partial charge in [-0.3, -0.25) is 9.79 Å². The van der Waals surface area contributed by atoms with E-state index in [0.717, 1.165) is 24.7 Å². The Labute approximate surface area is 177 Å². The van der Waals surface area contributed by atoms with E-state index in [4.69, 9.17) is 4.74 Å². The molecule has 0 saturated carbocycles. The first-order valence-electron chi connectivity index (χ1n) is 8.71. The van der Waals surface area contributed by atoms with Gasteiger partial charge >= 0.3 is 0 Å². The van der Waals surface area contributed by atoms with Crippen LogP contribution in [-0.2, 0) is 6.42 Å². The molecule has 27 heavy (non-hydrogen) atoms. The third kappa shape index (κ3) is 5.12. The fraction of sp³-hybridized carbons (Fsp3) is 0.300. The summed E-state index contributed by atoms with van der Waals surface area (Å²) < 4.78 is 5.10. The third-order valence-corrected chi connectivity index (χ3v) is 4.40. The molecule has 1 aliphatic heterocycles. The van der Waals surface area contributed by atoms with Crippen LogP contribution < -0.4 is 20.3 Å². The van der Waals surface area contributed by atoms with Gasteiger partial charge in [0.1, 0.15) is 5.75 Å². The van der Waals surface area contributed by atoms with Crippen LogP contribution in [0, 0.1) is 0 Å². The second-order valence-corrected chi connectivity index (χ2v) is 5.99. The number of hydrogen-bond acceptors (Lipinski definition) is 3. The molecule has 0 fully saturated rings. The number of para-hydroxylation sites is 1. The van der Waals surface area contributed by atoms with Crippen molar-refractivity contribution in [2.75, 3.05) is 38.7 Å². The summed E-state index contributed by atoms with van der Waals surface area (Å²) in [4.78, 5) is 18.7.